The molecule has 0 fully saturated rings. The maximum absolute atomic E-state index is 10.6. The number of hydrogen-bond donors (Lipinski definition) is 4. The highest BCUT2D eigenvalue weighted by Gasteiger charge is 2.17. The third-order valence-corrected chi connectivity index (χ3v) is 2.33. The van der Waals surface area contributed by atoms with Gasteiger partial charge < -0.3 is 21.1 Å². The molecule has 0 saturated carbocycles. The van der Waals surface area contributed by atoms with Gasteiger partial charge in [0.25, 0.3) is 0 Å². The molecule has 1 aromatic carbocycles. The van der Waals surface area contributed by atoms with Crippen LogP contribution >= 0.6 is 0 Å². The van der Waals surface area contributed by atoms with Crippen molar-refractivity contribution in [3.8, 4) is 0 Å². The lowest BCUT2D eigenvalue weighted by atomic mass is 10.0. The van der Waals surface area contributed by atoms with Crippen molar-refractivity contribution < 1.29 is 20.1 Å². The Labute approximate surface area is 93.1 Å². The van der Waals surface area contributed by atoms with Gasteiger partial charge in [-0.15, -0.1) is 0 Å². The molecule has 0 aliphatic heterocycles. The van der Waals surface area contributed by atoms with E-state index in [1.807, 2.05) is 0 Å². The summed E-state index contributed by atoms with van der Waals surface area (Å²) in [6.07, 6.45) is -1.67. The number of aromatic carboxylic acids is 1. The summed E-state index contributed by atoms with van der Waals surface area (Å²) in [4.78, 5) is 10.6. The molecule has 2 atom stereocenters. The average Bonchev–Trinajstić information content (AvgIpc) is 2.28. The first-order valence-corrected chi connectivity index (χ1v) is 4.95. The quantitative estimate of drug-likeness (QED) is 0.570. The van der Waals surface area contributed by atoms with Crippen LogP contribution in [0.5, 0.6) is 0 Å². The number of aliphatic hydroxyl groups is 2. The summed E-state index contributed by atoms with van der Waals surface area (Å²) in [5, 5.41) is 27.9. The summed E-state index contributed by atoms with van der Waals surface area (Å²) in [6.45, 7) is 0.283. The molecule has 5 nitrogen and oxygen atoms in total. The third kappa shape index (κ3) is 3.03. The number of carbonyl (C=O) groups is 1. The van der Waals surface area contributed by atoms with E-state index < -0.39 is 18.2 Å². The van der Waals surface area contributed by atoms with Gasteiger partial charge in [0.05, 0.1) is 11.7 Å². The molecule has 1 aromatic rings. The number of carboxylic acids is 1. The van der Waals surface area contributed by atoms with Crippen molar-refractivity contribution in [2.75, 3.05) is 6.54 Å². The van der Waals surface area contributed by atoms with E-state index in [-0.39, 0.29) is 12.1 Å². The van der Waals surface area contributed by atoms with Gasteiger partial charge in [0.1, 0.15) is 6.10 Å². The Morgan fingerprint density at radius 2 is 1.81 bits per heavy atom. The first kappa shape index (κ1) is 12.6. The highest BCUT2D eigenvalue weighted by Crippen LogP contribution is 2.19. The minimum absolute atomic E-state index is 0.143. The molecule has 1 rings (SSSR count). The van der Waals surface area contributed by atoms with E-state index in [4.69, 9.17) is 10.8 Å². The van der Waals surface area contributed by atoms with Crippen LogP contribution in [0.3, 0.4) is 0 Å². The molecule has 0 saturated heterocycles. The van der Waals surface area contributed by atoms with Crippen molar-refractivity contribution in [1.29, 1.82) is 0 Å². The number of carboxylic acid groups (broad SMARTS) is 1. The Hall–Kier alpha value is -1.43. The first-order chi connectivity index (χ1) is 7.56. The van der Waals surface area contributed by atoms with Crippen LogP contribution in [-0.4, -0.2) is 33.9 Å². The summed E-state index contributed by atoms with van der Waals surface area (Å²) in [7, 11) is 0. The maximum atomic E-state index is 10.6. The van der Waals surface area contributed by atoms with E-state index in [0.717, 1.165) is 0 Å². The van der Waals surface area contributed by atoms with Gasteiger partial charge in [-0.1, -0.05) is 12.1 Å². The largest absolute Gasteiger partial charge is 0.478 e. The van der Waals surface area contributed by atoms with Crippen LogP contribution in [0.15, 0.2) is 24.3 Å². The van der Waals surface area contributed by atoms with E-state index in [9.17, 15) is 15.0 Å². The van der Waals surface area contributed by atoms with E-state index >= 15 is 0 Å². The monoisotopic (exact) mass is 225 g/mol. The first-order valence-electron chi connectivity index (χ1n) is 4.95. The number of rotatable bonds is 5. The van der Waals surface area contributed by atoms with Crippen LogP contribution in [0.4, 0.5) is 0 Å². The normalized spacial score (nSPS) is 14.4. The van der Waals surface area contributed by atoms with E-state index in [0.29, 0.717) is 12.0 Å². The molecule has 2 unspecified atom stereocenters. The van der Waals surface area contributed by atoms with Gasteiger partial charge in [0.15, 0.2) is 0 Å². The second-order valence-electron chi connectivity index (χ2n) is 3.52. The minimum Gasteiger partial charge on any atom is -0.478 e. The van der Waals surface area contributed by atoms with Crippen molar-refractivity contribution in [2.24, 2.45) is 5.73 Å². The molecule has 0 bridgehead atoms. The fourth-order valence-corrected chi connectivity index (χ4v) is 1.37. The van der Waals surface area contributed by atoms with E-state index in [1.165, 1.54) is 24.3 Å². The molecule has 0 radical (unpaired) electrons. The van der Waals surface area contributed by atoms with Crippen LogP contribution < -0.4 is 5.73 Å². The summed E-state index contributed by atoms with van der Waals surface area (Å²) < 4.78 is 0. The average molecular weight is 225 g/mol. The molecule has 0 amide bonds. The fourth-order valence-electron chi connectivity index (χ4n) is 1.37. The summed E-state index contributed by atoms with van der Waals surface area (Å²) in [5.74, 6) is -1.02. The SMILES string of the molecule is NCCC(O)C(O)c1ccc(C(=O)O)cc1. The number of hydrogen-bond acceptors (Lipinski definition) is 4. The van der Waals surface area contributed by atoms with Gasteiger partial charge in [-0.05, 0) is 30.7 Å². The predicted octanol–water partition coefficient (Wildman–Crippen LogP) is 0.128. The van der Waals surface area contributed by atoms with Crippen LogP contribution in [0.1, 0.15) is 28.4 Å². The molecule has 0 spiro atoms. The third-order valence-electron chi connectivity index (χ3n) is 2.33. The van der Waals surface area contributed by atoms with Crippen molar-refractivity contribution in [2.45, 2.75) is 18.6 Å². The predicted molar refractivity (Wildman–Crippen MR) is 58.0 cm³/mol. The Balaban J connectivity index is 2.77. The van der Waals surface area contributed by atoms with Gasteiger partial charge in [-0.2, -0.15) is 0 Å². The second-order valence-corrected chi connectivity index (χ2v) is 3.52. The molecule has 5 N–H and O–H groups in total. The summed E-state index contributed by atoms with van der Waals surface area (Å²) >= 11 is 0. The Kier molecular flexibility index (Phi) is 4.42. The molecule has 0 aliphatic rings. The Bertz CT molecular complexity index is 350. The zero-order chi connectivity index (χ0) is 12.1. The van der Waals surface area contributed by atoms with E-state index in [1.54, 1.807) is 0 Å². The van der Waals surface area contributed by atoms with E-state index in [2.05, 4.69) is 0 Å². The Morgan fingerprint density at radius 3 is 2.25 bits per heavy atom. The molecule has 88 valence electrons. The minimum atomic E-state index is -1.04. The van der Waals surface area contributed by atoms with Gasteiger partial charge in [-0.3, -0.25) is 0 Å². The van der Waals surface area contributed by atoms with Crippen molar-refractivity contribution in [3.63, 3.8) is 0 Å². The van der Waals surface area contributed by atoms with Crippen LogP contribution in [0.2, 0.25) is 0 Å². The zero-order valence-corrected chi connectivity index (χ0v) is 8.71. The summed E-state index contributed by atoms with van der Waals surface area (Å²) in [5.41, 5.74) is 5.88. The highest BCUT2D eigenvalue weighted by atomic mass is 16.4. The smallest absolute Gasteiger partial charge is 0.335 e. The van der Waals surface area contributed by atoms with Crippen LogP contribution in [0, 0.1) is 0 Å². The second kappa shape index (κ2) is 5.60. The Morgan fingerprint density at radius 1 is 1.25 bits per heavy atom. The lowest BCUT2D eigenvalue weighted by molar-refractivity contribution is 0.0150. The van der Waals surface area contributed by atoms with Crippen LogP contribution in [0.25, 0.3) is 0 Å². The van der Waals surface area contributed by atoms with Gasteiger partial charge in [0.2, 0.25) is 0 Å². The molecular weight excluding hydrogens is 210 g/mol. The van der Waals surface area contributed by atoms with Crippen molar-refractivity contribution in [3.05, 3.63) is 35.4 Å². The van der Waals surface area contributed by atoms with Gasteiger partial charge >= 0.3 is 5.97 Å². The lowest BCUT2D eigenvalue weighted by Crippen LogP contribution is -2.21. The lowest BCUT2D eigenvalue weighted by Gasteiger charge is -2.17. The van der Waals surface area contributed by atoms with Crippen LogP contribution in [-0.2, 0) is 0 Å². The van der Waals surface area contributed by atoms with Crippen molar-refractivity contribution in [1.82, 2.24) is 0 Å². The van der Waals surface area contributed by atoms with Crippen molar-refractivity contribution >= 4 is 5.97 Å². The molecule has 16 heavy (non-hydrogen) atoms. The standard InChI is InChI=1S/C11H15NO4/c12-6-5-9(13)10(14)7-1-3-8(4-2-7)11(15)16/h1-4,9-10,13-14H,5-6,12H2,(H,15,16). The maximum Gasteiger partial charge on any atom is 0.335 e. The molecule has 0 heterocycles. The number of aliphatic hydroxyl groups excluding tert-OH is 2. The summed E-state index contributed by atoms with van der Waals surface area (Å²) in [6, 6.07) is 5.73. The number of benzene rings is 1. The molecule has 0 aliphatic carbocycles. The highest BCUT2D eigenvalue weighted by molar-refractivity contribution is 5.87. The molecule has 5 heteroatoms. The van der Waals surface area contributed by atoms with Gasteiger partial charge in [-0.25, -0.2) is 4.79 Å². The van der Waals surface area contributed by atoms with Gasteiger partial charge in [0, 0.05) is 0 Å². The fraction of sp³-hybridized carbons (Fsp3) is 0.364. The zero-order valence-electron chi connectivity index (χ0n) is 8.71. The molecule has 0 aromatic heterocycles. The molecular formula is C11H15NO4. The topological polar surface area (TPSA) is 104 Å². The number of nitrogens with two attached hydrogens (primary N) is 1.